The molecule has 6 heteroatoms. The highest BCUT2D eigenvalue weighted by atomic mass is 16.5. The molecule has 6 nitrogen and oxygen atoms in total. The van der Waals surface area contributed by atoms with Gasteiger partial charge in [-0.25, -0.2) is 4.79 Å². The van der Waals surface area contributed by atoms with E-state index in [1.807, 2.05) is 26.0 Å². The summed E-state index contributed by atoms with van der Waals surface area (Å²) in [5, 5.41) is 20.8. The number of benzene rings is 1. The molecule has 4 rings (SSSR count). The first-order valence-electron chi connectivity index (χ1n) is 11.7. The van der Waals surface area contributed by atoms with Crippen LogP contribution in [0, 0.1) is 16.7 Å². The molecule has 180 valence electrons. The number of fused-ring (bicyclic) bond motifs is 3. The minimum absolute atomic E-state index is 0.0184. The fraction of sp³-hybridized carbons (Fsp3) is 0.429. The van der Waals surface area contributed by atoms with E-state index in [0.717, 1.165) is 30.4 Å². The number of aliphatic hydroxyl groups is 1. The molecule has 2 N–H and O–H groups in total. The van der Waals surface area contributed by atoms with Crippen LogP contribution in [0.25, 0.3) is 0 Å². The average molecular weight is 465 g/mol. The number of ether oxygens (including phenoxy) is 2. The first kappa shape index (κ1) is 23.9. The van der Waals surface area contributed by atoms with Crippen molar-refractivity contribution in [1.29, 1.82) is 0 Å². The second kappa shape index (κ2) is 8.49. The number of aromatic hydroxyl groups is 1. The number of allylic oxidation sites excluding steroid dienone is 6. The lowest BCUT2D eigenvalue weighted by atomic mass is 9.54. The number of phenolic OH excluding ortho intramolecular Hbond substituents is 1. The summed E-state index contributed by atoms with van der Waals surface area (Å²) in [5.41, 5.74) is 2.55. The van der Waals surface area contributed by atoms with E-state index in [-0.39, 0.29) is 35.6 Å². The number of carbonyl (C=O) groups is 2. The first-order chi connectivity index (χ1) is 16.0. The summed E-state index contributed by atoms with van der Waals surface area (Å²) in [7, 11) is 1.42. The van der Waals surface area contributed by atoms with Crippen LogP contribution < -0.4 is 4.74 Å². The van der Waals surface area contributed by atoms with E-state index in [4.69, 9.17) is 9.47 Å². The number of esters is 1. The third-order valence-electron chi connectivity index (χ3n) is 7.50. The van der Waals surface area contributed by atoms with Crippen molar-refractivity contribution in [3.63, 3.8) is 0 Å². The van der Waals surface area contributed by atoms with E-state index in [9.17, 15) is 19.8 Å². The highest BCUT2D eigenvalue weighted by Gasteiger charge is 2.51. The van der Waals surface area contributed by atoms with Crippen LogP contribution in [0.2, 0.25) is 0 Å². The van der Waals surface area contributed by atoms with Gasteiger partial charge in [0.25, 0.3) is 0 Å². The van der Waals surface area contributed by atoms with Crippen LogP contribution in [0.3, 0.4) is 0 Å². The highest BCUT2D eigenvalue weighted by Crippen LogP contribution is 2.59. The molecule has 0 aromatic heterocycles. The number of phenols is 1. The van der Waals surface area contributed by atoms with Gasteiger partial charge < -0.3 is 19.7 Å². The molecule has 0 bridgehead atoms. The summed E-state index contributed by atoms with van der Waals surface area (Å²) in [4.78, 5) is 25.7. The SMILES string of the molecule is COc1cc(C(=O)OC[C@]2(C)CCC[C@]3(C)C2=CC=C2C=C(C(C)C)C(=O)C(O)=C23)ccc1O. The van der Waals surface area contributed by atoms with Crippen molar-refractivity contribution in [3.05, 3.63) is 70.0 Å². The molecule has 0 saturated heterocycles. The van der Waals surface area contributed by atoms with E-state index >= 15 is 0 Å². The van der Waals surface area contributed by atoms with Gasteiger partial charge >= 0.3 is 5.97 Å². The largest absolute Gasteiger partial charge is 0.504 e. The second-order valence-corrected chi connectivity index (χ2v) is 10.2. The molecule has 0 aliphatic heterocycles. The summed E-state index contributed by atoms with van der Waals surface area (Å²) < 4.78 is 10.8. The van der Waals surface area contributed by atoms with Gasteiger partial charge in [-0.2, -0.15) is 0 Å². The van der Waals surface area contributed by atoms with E-state index in [2.05, 4.69) is 19.9 Å². The zero-order valence-electron chi connectivity index (χ0n) is 20.4. The molecule has 0 amide bonds. The minimum Gasteiger partial charge on any atom is -0.504 e. The van der Waals surface area contributed by atoms with Crippen molar-refractivity contribution in [2.45, 2.75) is 47.0 Å². The molecule has 0 heterocycles. The summed E-state index contributed by atoms with van der Waals surface area (Å²) in [6, 6.07) is 4.35. The number of aliphatic hydroxyl groups excluding tert-OH is 1. The standard InChI is InChI=1S/C28H32O6/c1-16(2)19-13-17-8-10-22-27(3,11-6-12-28(22,4)23(17)25(31)24(19)30)15-34-26(32)18-7-9-20(29)21(14-18)33-5/h7-10,13-14,16,29,31H,6,11-12,15H2,1-5H3/t27-,28+/m0/s1. The Labute approximate surface area is 200 Å². The fourth-order valence-corrected chi connectivity index (χ4v) is 5.68. The van der Waals surface area contributed by atoms with Gasteiger partial charge in [-0.3, -0.25) is 4.79 Å². The summed E-state index contributed by atoms with van der Waals surface area (Å²) >= 11 is 0. The van der Waals surface area contributed by atoms with E-state index in [1.165, 1.54) is 25.3 Å². The van der Waals surface area contributed by atoms with Gasteiger partial charge in [-0.15, -0.1) is 0 Å². The third kappa shape index (κ3) is 3.75. The molecule has 0 radical (unpaired) electrons. The van der Waals surface area contributed by atoms with Gasteiger partial charge in [-0.1, -0.05) is 51.8 Å². The van der Waals surface area contributed by atoms with Gasteiger partial charge in [0, 0.05) is 22.0 Å². The lowest BCUT2D eigenvalue weighted by Gasteiger charge is -2.50. The van der Waals surface area contributed by atoms with Gasteiger partial charge in [0.1, 0.15) is 6.61 Å². The third-order valence-corrected chi connectivity index (χ3v) is 7.50. The minimum atomic E-state index is -0.524. The molecule has 3 aliphatic carbocycles. The van der Waals surface area contributed by atoms with Crippen LogP contribution in [0.5, 0.6) is 11.5 Å². The summed E-state index contributed by atoms with van der Waals surface area (Å²) in [5.74, 6) is -0.790. The van der Waals surface area contributed by atoms with Crippen LogP contribution in [0.1, 0.15) is 57.3 Å². The molecule has 1 aromatic rings. The monoisotopic (exact) mass is 464 g/mol. The molecule has 0 spiro atoms. The molecule has 1 fully saturated rings. The first-order valence-corrected chi connectivity index (χ1v) is 11.7. The predicted molar refractivity (Wildman–Crippen MR) is 129 cm³/mol. The molecule has 2 atom stereocenters. The van der Waals surface area contributed by atoms with Crippen LogP contribution in [-0.4, -0.2) is 35.7 Å². The Bertz CT molecular complexity index is 1180. The van der Waals surface area contributed by atoms with Crippen LogP contribution in [-0.2, 0) is 9.53 Å². The normalized spacial score (nSPS) is 26.3. The Hall–Kier alpha value is -3.28. The van der Waals surface area contributed by atoms with Crippen molar-refractivity contribution in [3.8, 4) is 11.5 Å². The number of hydrogen-bond donors (Lipinski definition) is 2. The van der Waals surface area contributed by atoms with Crippen molar-refractivity contribution in [2.24, 2.45) is 16.7 Å². The van der Waals surface area contributed by atoms with Crippen molar-refractivity contribution >= 4 is 11.8 Å². The van der Waals surface area contributed by atoms with E-state index < -0.39 is 16.8 Å². The Morgan fingerprint density at radius 3 is 2.56 bits per heavy atom. The maximum atomic E-state index is 12.9. The number of Topliss-reactive ketones (excluding diaryl/α,β-unsaturated/α-hetero) is 1. The van der Waals surface area contributed by atoms with Crippen LogP contribution >= 0.6 is 0 Å². The van der Waals surface area contributed by atoms with Gasteiger partial charge in [0.05, 0.1) is 12.7 Å². The Morgan fingerprint density at radius 1 is 1.15 bits per heavy atom. The molecule has 0 unspecified atom stereocenters. The molecule has 34 heavy (non-hydrogen) atoms. The lowest BCUT2D eigenvalue weighted by molar-refractivity contribution is -0.115. The molecule has 1 saturated carbocycles. The smallest absolute Gasteiger partial charge is 0.338 e. The van der Waals surface area contributed by atoms with Crippen LogP contribution in [0.15, 0.2) is 64.5 Å². The highest BCUT2D eigenvalue weighted by molar-refractivity contribution is 6.10. The number of ketones is 1. The Kier molecular flexibility index (Phi) is 5.96. The number of rotatable bonds is 5. The number of carbonyl (C=O) groups excluding carboxylic acids is 2. The zero-order valence-corrected chi connectivity index (χ0v) is 20.4. The van der Waals surface area contributed by atoms with E-state index in [1.54, 1.807) is 0 Å². The molecule has 1 aromatic carbocycles. The molecular weight excluding hydrogens is 432 g/mol. The fourth-order valence-electron chi connectivity index (χ4n) is 5.68. The quantitative estimate of drug-likeness (QED) is 0.551. The number of methoxy groups -OCH3 is 1. The van der Waals surface area contributed by atoms with Gasteiger partial charge in [0.15, 0.2) is 17.3 Å². The summed E-state index contributed by atoms with van der Waals surface area (Å²) in [6.07, 6.45) is 8.44. The zero-order chi connectivity index (χ0) is 24.8. The van der Waals surface area contributed by atoms with Crippen molar-refractivity contribution in [2.75, 3.05) is 13.7 Å². The van der Waals surface area contributed by atoms with Crippen molar-refractivity contribution in [1.82, 2.24) is 0 Å². The second-order valence-electron chi connectivity index (χ2n) is 10.2. The maximum Gasteiger partial charge on any atom is 0.338 e. The average Bonchev–Trinajstić information content (AvgIpc) is 2.79. The molecular formula is C28H32O6. The summed E-state index contributed by atoms with van der Waals surface area (Å²) in [6.45, 7) is 8.20. The van der Waals surface area contributed by atoms with Crippen LogP contribution in [0.4, 0.5) is 0 Å². The van der Waals surface area contributed by atoms with Gasteiger partial charge in [0.2, 0.25) is 5.78 Å². The molecule has 3 aliphatic rings. The Balaban J connectivity index is 1.65. The van der Waals surface area contributed by atoms with Crippen molar-refractivity contribution < 1.29 is 29.3 Å². The predicted octanol–water partition coefficient (Wildman–Crippen LogP) is 5.60. The Morgan fingerprint density at radius 2 is 1.88 bits per heavy atom. The topological polar surface area (TPSA) is 93.1 Å². The van der Waals surface area contributed by atoms with Gasteiger partial charge in [-0.05, 0) is 48.6 Å². The van der Waals surface area contributed by atoms with E-state index in [0.29, 0.717) is 16.7 Å². The lowest BCUT2D eigenvalue weighted by Crippen LogP contribution is -2.43. The maximum absolute atomic E-state index is 12.9. The number of hydrogen-bond acceptors (Lipinski definition) is 6.